The monoisotopic (exact) mass is 340 g/mol. The van der Waals surface area contributed by atoms with Crippen molar-refractivity contribution < 1.29 is 0 Å². The molecule has 2 aromatic heterocycles. The van der Waals surface area contributed by atoms with E-state index >= 15 is 0 Å². The third-order valence-electron chi connectivity index (χ3n) is 3.34. The van der Waals surface area contributed by atoms with Gasteiger partial charge in [0.15, 0.2) is 0 Å². The Balaban J connectivity index is 1.73. The highest BCUT2D eigenvalue weighted by molar-refractivity contribution is 7.00. The maximum absolute atomic E-state index is 6.29. The number of aromatic nitrogens is 5. The molecule has 0 saturated heterocycles. The second-order valence-corrected chi connectivity index (χ2v) is 6.30. The molecule has 21 heavy (non-hydrogen) atoms. The van der Waals surface area contributed by atoms with Gasteiger partial charge in [-0.2, -0.15) is 8.75 Å². The van der Waals surface area contributed by atoms with Crippen LogP contribution in [0.3, 0.4) is 0 Å². The highest BCUT2D eigenvalue weighted by Gasteiger charge is 2.21. The van der Waals surface area contributed by atoms with Crippen LogP contribution >= 0.6 is 34.9 Å². The molecule has 1 N–H and O–H groups in total. The lowest BCUT2D eigenvalue weighted by Crippen LogP contribution is -2.15. The van der Waals surface area contributed by atoms with Crippen LogP contribution in [0.4, 0.5) is 0 Å². The SMILES string of the molecule is Clc1cc(Cl)c2nsnc2c1-n1cc(CNC2CC2)nn1. The van der Waals surface area contributed by atoms with Crippen molar-refractivity contribution in [2.24, 2.45) is 0 Å². The molecule has 0 aliphatic heterocycles. The van der Waals surface area contributed by atoms with Crippen LogP contribution in [0.15, 0.2) is 12.3 Å². The molecule has 0 radical (unpaired) electrons. The van der Waals surface area contributed by atoms with Crippen molar-refractivity contribution >= 4 is 46.0 Å². The number of fused-ring (bicyclic) bond motifs is 1. The normalized spacial score (nSPS) is 15.0. The van der Waals surface area contributed by atoms with Crippen molar-refractivity contribution in [3.05, 3.63) is 28.0 Å². The van der Waals surface area contributed by atoms with Crippen LogP contribution in [0.2, 0.25) is 10.0 Å². The third kappa shape index (κ3) is 2.50. The Morgan fingerprint density at radius 2 is 2.05 bits per heavy atom. The molecule has 1 saturated carbocycles. The maximum atomic E-state index is 6.29. The Morgan fingerprint density at radius 3 is 2.86 bits per heavy atom. The second-order valence-electron chi connectivity index (χ2n) is 4.96. The van der Waals surface area contributed by atoms with Crippen molar-refractivity contribution in [2.45, 2.75) is 25.4 Å². The van der Waals surface area contributed by atoms with E-state index in [0.29, 0.717) is 39.4 Å². The van der Waals surface area contributed by atoms with Gasteiger partial charge in [-0.05, 0) is 18.9 Å². The summed E-state index contributed by atoms with van der Waals surface area (Å²) in [5, 5.41) is 12.7. The number of halogens is 2. The third-order valence-corrected chi connectivity index (χ3v) is 4.44. The van der Waals surface area contributed by atoms with Crippen molar-refractivity contribution in [2.75, 3.05) is 0 Å². The predicted octanol–water partition coefficient (Wildman–Crippen LogP) is 2.83. The van der Waals surface area contributed by atoms with Crippen molar-refractivity contribution in [1.82, 2.24) is 29.1 Å². The first kappa shape index (κ1) is 13.4. The molecule has 0 bridgehead atoms. The van der Waals surface area contributed by atoms with Gasteiger partial charge in [-0.15, -0.1) is 5.10 Å². The lowest BCUT2D eigenvalue weighted by Gasteiger charge is -2.04. The number of rotatable bonds is 4. The Morgan fingerprint density at radius 1 is 1.24 bits per heavy atom. The average molecular weight is 341 g/mol. The average Bonchev–Trinajstić information content (AvgIpc) is 2.97. The van der Waals surface area contributed by atoms with E-state index in [-0.39, 0.29) is 0 Å². The van der Waals surface area contributed by atoms with E-state index in [1.807, 2.05) is 6.20 Å². The van der Waals surface area contributed by atoms with Crippen LogP contribution in [0.25, 0.3) is 16.7 Å². The number of benzene rings is 1. The highest BCUT2D eigenvalue weighted by Crippen LogP contribution is 2.33. The fourth-order valence-corrected chi connectivity index (χ4v) is 3.30. The predicted molar refractivity (Wildman–Crippen MR) is 82.2 cm³/mol. The quantitative estimate of drug-likeness (QED) is 0.790. The largest absolute Gasteiger partial charge is 0.308 e. The standard InChI is InChI=1S/C12H10Cl2N6S/c13-8-3-9(14)12(11-10(8)17-21-18-11)20-5-7(16-19-20)4-15-6-1-2-6/h3,5-6,15H,1-2,4H2. The lowest BCUT2D eigenvalue weighted by molar-refractivity contribution is 0.671. The minimum absolute atomic E-state index is 0.479. The lowest BCUT2D eigenvalue weighted by atomic mass is 10.2. The minimum atomic E-state index is 0.479. The van der Waals surface area contributed by atoms with Crippen LogP contribution < -0.4 is 5.32 Å². The molecule has 6 nitrogen and oxygen atoms in total. The summed E-state index contributed by atoms with van der Waals surface area (Å²) in [6, 6.07) is 2.29. The fourth-order valence-electron chi connectivity index (χ4n) is 2.10. The van der Waals surface area contributed by atoms with Crippen molar-refractivity contribution in [3.63, 3.8) is 0 Å². The Kier molecular flexibility index (Phi) is 3.30. The Labute approximate surface area is 134 Å². The first-order valence-corrected chi connectivity index (χ1v) is 7.96. The Hall–Kier alpha value is -1.28. The summed E-state index contributed by atoms with van der Waals surface area (Å²) >= 11 is 13.5. The van der Waals surface area contributed by atoms with Gasteiger partial charge >= 0.3 is 0 Å². The second kappa shape index (κ2) is 5.17. The van der Waals surface area contributed by atoms with Gasteiger partial charge in [0.05, 0.1) is 33.7 Å². The maximum Gasteiger partial charge on any atom is 0.133 e. The van der Waals surface area contributed by atoms with Gasteiger partial charge in [-0.1, -0.05) is 28.4 Å². The van der Waals surface area contributed by atoms with E-state index in [1.165, 1.54) is 12.8 Å². The molecule has 9 heteroatoms. The molecule has 3 aromatic rings. The van der Waals surface area contributed by atoms with Gasteiger partial charge < -0.3 is 5.32 Å². The smallest absolute Gasteiger partial charge is 0.133 e. The molecule has 0 atom stereocenters. The zero-order valence-corrected chi connectivity index (χ0v) is 13.1. The molecule has 4 rings (SSSR count). The van der Waals surface area contributed by atoms with Crippen LogP contribution in [0, 0.1) is 0 Å². The molecule has 1 aliphatic rings. The zero-order valence-electron chi connectivity index (χ0n) is 10.8. The number of hydrogen-bond donors (Lipinski definition) is 1. The number of nitrogens with zero attached hydrogens (tertiary/aromatic N) is 5. The summed E-state index contributed by atoms with van der Waals surface area (Å²) in [5.41, 5.74) is 2.80. The van der Waals surface area contributed by atoms with E-state index in [0.717, 1.165) is 17.4 Å². The number of nitrogens with one attached hydrogen (secondary N) is 1. The van der Waals surface area contributed by atoms with E-state index in [4.69, 9.17) is 23.2 Å². The molecular formula is C12H10Cl2N6S. The highest BCUT2D eigenvalue weighted by atomic mass is 35.5. The molecular weight excluding hydrogens is 331 g/mol. The van der Waals surface area contributed by atoms with Crippen LogP contribution in [-0.2, 0) is 6.54 Å². The first-order chi connectivity index (χ1) is 10.2. The summed E-state index contributed by atoms with van der Waals surface area (Å²) in [6.07, 6.45) is 4.33. The molecule has 1 fully saturated rings. The minimum Gasteiger partial charge on any atom is -0.308 e. The van der Waals surface area contributed by atoms with E-state index in [9.17, 15) is 0 Å². The van der Waals surface area contributed by atoms with Crippen molar-refractivity contribution in [1.29, 1.82) is 0 Å². The first-order valence-electron chi connectivity index (χ1n) is 6.47. The molecule has 2 heterocycles. The van der Waals surface area contributed by atoms with Gasteiger partial charge in [0, 0.05) is 12.6 Å². The summed E-state index contributed by atoms with van der Waals surface area (Å²) in [7, 11) is 0. The summed E-state index contributed by atoms with van der Waals surface area (Å²) in [6.45, 7) is 0.703. The topological polar surface area (TPSA) is 68.5 Å². The van der Waals surface area contributed by atoms with Crippen molar-refractivity contribution in [3.8, 4) is 5.69 Å². The van der Waals surface area contributed by atoms with Gasteiger partial charge in [0.25, 0.3) is 0 Å². The van der Waals surface area contributed by atoms with Gasteiger partial charge in [-0.25, -0.2) is 4.68 Å². The van der Waals surface area contributed by atoms with Gasteiger partial charge in [0.2, 0.25) is 0 Å². The van der Waals surface area contributed by atoms with Crippen LogP contribution in [0.5, 0.6) is 0 Å². The van der Waals surface area contributed by atoms with E-state index in [1.54, 1.807) is 10.7 Å². The molecule has 0 spiro atoms. The van der Waals surface area contributed by atoms with Gasteiger partial charge in [0.1, 0.15) is 16.7 Å². The van der Waals surface area contributed by atoms with Gasteiger partial charge in [-0.3, -0.25) is 0 Å². The molecule has 0 unspecified atom stereocenters. The van der Waals surface area contributed by atoms with Crippen LogP contribution in [0.1, 0.15) is 18.5 Å². The Bertz CT molecular complexity index is 809. The fraction of sp³-hybridized carbons (Fsp3) is 0.333. The molecule has 1 aromatic carbocycles. The summed E-state index contributed by atoms with van der Waals surface area (Å²) < 4.78 is 10.1. The number of hydrogen-bond acceptors (Lipinski definition) is 6. The van der Waals surface area contributed by atoms with Crippen LogP contribution in [-0.4, -0.2) is 29.8 Å². The van der Waals surface area contributed by atoms with E-state index < -0.39 is 0 Å². The molecule has 108 valence electrons. The molecule has 1 aliphatic carbocycles. The molecule has 0 amide bonds. The van der Waals surface area contributed by atoms with E-state index in [2.05, 4.69) is 24.4 Å². The summed E-state index contributed by atoms with van der Waals surface area (Å²) in [5.74, 6) is 0. The summed E-state index contributed by atoms with van der Waals surface area (Å²) in [4.78, 5) is 0. The zero-order chi connectivity index (χ0) is 14.4.